The summed E-state index contributed by atoms with van der Waals surface area (Å²) in [4.78, 5) is 13.2. The van der Waals surface area contributed by atoms with Gasteiger partial charge in [-0.3, -0.25) is 4.99 Å². The third-order valence-corrected chi connectivity index (χ3v) is 3.19. The third kappa shape index (κ3) is 2.76. The number of nitrogens with zero attached hydrogens (tertiary/aromatic N) is 3. The summed E-state index contributed by atoms with van der Waals surface area (Å²) in [7, 11) is 0. The first kappa shape index (κ1) is 11.8. The van der Waals surface area contributed by atoms with E-state index in [9.17, 15) is 0 Å². The fourth-order valence-corrected chi connectivity index (χ4v) is 2.19. The number of amidine groups is 1. The highest BCUT2D eigenvalue weighted by Gasteiger charge is 2.20. The SMILES string of the molecule is C1=CC2=NC=NC(=NCCc3ccccc3)C2C=C1. The second kappa shape index (κ2) is 5.57. The maximum absolute atomic E-state index is 4.62. The molecule has 3 rings (SSSR count). The van der Waals surface area contributed by atoms with E-state index in [4.69, 9.17) is 0 Å². The Balaban J connectivity index is 1.68. The number of aliphatic imine (C=N–C) groups is 3. The van der Waals surface area contributed by atoms with Crippen LogP contribution in [0.5, 0.6) is 0 Å². The van der Waals surface area contributed by atoms with Gasteiger partial charge in [0.2, 0.25) is 0 Å². The van der Waals surface area contributed by atoms with Crippen molar-refractivity contribution in [1.29, 1.82) is 0 Å². The van der Waals surface area contributed by atoms with E-state index in [-0.39, 0.29) is 5.92 Å². The maximum Gasteiger partial charge on any atom is 0.138 e. The molecule has 3 nitrogen and oxygen atoms in total. The first-order valence-electron chi connectivity index (χ1n) is 6.47. The van der Waals surface area contributed by atoms with Crippen LogP contribution < -0.4 is 0 Å². The molecule has 0 radical (unpaired) electrons. The Kier molecular flexibility index (Phi) is 3.45. The van der Waals surface area contributed by atoms with Crippen molar-refractivity contribution in [2.45, 2.75) is 6.42 Å². The van der Waals surface area contributed by atoms with Crippen LogP contribution in [0.2, 0.25) is 0 Å². The molecule has 1 heterocycles. The Hall–Kier alpha value is -2.29. The smallest absolute Gasteiger partial charge is 0.138 e. The van der Waals surface area contributed by atoms with Gasteiger partial charge in [-0.15, -0.1) is 0 Å². The van der Waals surface area contributed by atoms with E-state index in [1.165, 1.54) is 5.56 Å². The zero-order chi connectivity index (χ0) is 12.9. The zero-order valence-electron chi connectivity index (χ0n) is 10.6. The van der Waals surface area contributed by atoms with Gasteiger partial charge in [0.25, 0.3) is 0 Å². The molecule has 0 amide bonds. The molecular formula is C16H15N3. The number of allylic oxidation sites excluding steroid dienone is 3. The van der Waals surface area contributed by atoms with Crippen LogP contribution in [0.3, 0.4) is 0 Å². The van der Waals surface area contributed by atoms with E-state index in [2.05, 4.69) is 45.3 Å². The Morgan fingerprint density at radius 1 is 1.11 bits per heavy atom. The molecule has 0 fully saturated rings. The molecule has 2 aliphatic rings. The summed E-state index contributed by atoms with van der Waals surface area (Å²) < 4.78 is 0. The highest BCUT2D eigenvalue weighted by atomic mass is 15.0. The summed E-state index contributed by atoms with van der Waals surface area (Å²) >= 11 is 0. The molecule has 1 aliphatic carbocycles. The zero-order valence-corrected chi connectivity index (χ0v) is 10.6. The van der Waals surface area contributed by atoms with E-state index in [1.54, 1.807) is 6.34 Å². The summed E-state index contributed by atoms with van der Waals surface area (Å²) in [6, 6.07) is 10.4. The van der Waals surface area contributed by atoms with Crippen LogP contribution in [-0.4, -0.2) is 24.4 Å². The van der Waals surface area contributed by atoms with Crippen molar-refractivity contribution in [3.05, 3.63) is 60.2 Å². The minimum atomic E-state index is 0.130. The van der Waals surface area contributed by atoms with Gasteiger partial charge in [0.05, 0.1) is 11.6 Å². The van der Waals surface area contributed by atoms with Crippen molar-refractivity contribution >= 4 is 17.9 Å². The summed E-state index contributed by atoms with van der Waals surface area (Å²) in [5.41, 5.74) is 2.33. The topological polar surface area (TPSA) is 37.1 Å². The van der Waals surface area contributed by atoms with Crippen LogP contribution in [0.4, 0.5) is 0 Å². The average Bonchev–Trinajstić information content (AvgIpc) is 2.49. The summed E-state index contributed by atoms with van der Waals surface area (Å²) in [6.07, 6.45) is 10.7. The van der Waals surface area contributed by atoms with E-state index in [0.717, 1.165) is 24.5 Å². The molecule has 94 valence electrons. The van der Waals surface area contributed by atoms with E-state index >= 15 is 0 Å². The first-order chi connectivity index (χ1) is 9.43. The van der Waals surface area contributed by atoms with Crippen LogP contribution >= 0.6 is 0 Å². The fraction of sp³-hybridized carbons (Fsp3) is 0.188. The number of hydrogen-bond acceptors (Lipinski definition) is 2. The summed E-state index contributed by atoms with van der Waals surface area (Å²) in [6.45, 7) is 0.762. The van der Waals surface area contributed by atoms with Gasteiger partial charge in [0.15, 0.2) is 0 Å². The fourth-order valence-electron chi connectivity index (χ4n) is 2.19. The third-order valence-electron chi connectivity index (χ3n) is 3.19. The van der Waals surface area contributed by atoms with E-state index < -0.39 is 0 Å². The van der Waals surface area contributed by atoms with Gasteiger partial charge in [-0.2, -0.15) is 0 Å². The van der Waals surface area contributed by atoms with Crippen molar-refractivity contribution in [2.75, 3.05) is 6.54 Å². The lowest BCUT2D eigenvalue weighted by Crippen LogP contribution is -2.24. The van der Waals surface area contributed by atoms with Crippen molar-refractivity contribution in [3.63, 3.8) is 0 Å². The molecule has 0 bridgehead atoms. The molecule has 19 heavy (non-hydrogen) atoms. The minimum Gasteiger partial charge on any atom is -0.269 e. The highest BCUT2D eigenvalue weighted by Crippen LogP contribution is 2.15. The molecule has 1 aromatic carbocycles. The van der Waals surface area contributed by atoms with Crippen molar-refractivity contribution in [1.82, 2.24) is 0 Å². The van der Waals surface area contributed by atoms with Gasteiger partial charge < -0.3 is 0 Å². The lowest BCUT2D eigenvalue weighted by atomic mass is 9.96. The Morgan fingerprint density at radius 3 is 2.89 bits per heavy atom. The average molecular weight is 249 g/mol. The van der Waals surface area contributed by atoms with Gasteiger partial charge in [-0.25, -0.2) is 9.98 Å². The van der Waals surface area contributed by atoms with Crippen molar-refractivity contribution in [2.24, 2.45) is 20.9 Å². The second-order valence-electron chi connectivity index (χ2n) is 4.50. The van der Waals surface area contributed by atoms with Gasteiger partial charge in [-0.05, 0) is 18.1 Å². The molecule has 0 aromatic heterocycles. The molecule has 0 N–H and O–H groups in total. The van der Waals surface area contributed by atoms with Crippen LogP contribution in [0, 0.1) is 5.92 Å². The molecule has 0 spiro atoms. The van der Waals surface area contributed by atoms with Crippen LogP contribution in [0.25, 0.3) is 0 Å². The molecule has 0 saturated heterocycles. The number of hydrogen-bond donors (Lipinski definition) is 0. The summed E-state index contributed by atoms with van der Waals surface area (Å²) in [5, 5.41) is 0. The van der Waals surface area contributed by atoms with E-state index in [0.29, 0.717) is 0 Å². The molecular weight excluding hydrogens is 234 g/mol. The minimum absolute atomic E-state index is 0.130. The Morgan fingerprint density at radius 2 is 2.00 bits per heavy atom. The Bertz CT molecular complexity index is 592. The standard InChI is InChI=1S/C16H15N3/c1-2-6-13(7-3-1)10-11-17-16-14-8-4-5-9-15(14)18-12-19-16/h1-9,12,14H,10-11H2. The van der Waals surface area contributed by atoms with E-state index in [1.807, 2.05) is 24.3 Å². The highest BCUT2D eigenvalue weighted by molar-refractivity contribution is 6.19. The van der Waals surface area contributed by atoms with Crippen LogP contribution in [0.1, 0.15) is 5.56 Å². The number of benzene rings is 1. The Labute approximate surface area is 112 Å². The molecule has 0 saturated carbocycles. The first-order valence-corrected chi connectivity index (χ1v) is 6.47. The lowest BCUT2D eigenvalue weighted by molar-refractivity contribution is 0.948. The number of fused-ring (bicyclic) bond motifs is 1. The maximum atomic E-state index is 4.62. The molecule has 1 unspecified atom stereocenters. The molecule has 1 atom stereocenters. The van der Waals surface area contributed by atoms with Crippen molar-refractivity contribution in [3.8, 4) is 0 Å². The monoisotopic (exact) mass is 249 g/mol. The summed E-state index contributed by atoms with van der Waals surface area (Å²) in [5.74, 6) is 0.993. The quantitative estimate of drug-likeness (QED) is 0.790. The van der Waals surface area contributed by atoms with Gasteiger partial charge >= 0.3 is 0 Å². The molecule has 3 heteroatoms. The van der Waals surface area contributed by atoms with Crippen LogP contribution in [-0.2, 0) is 6.42 Å². The van der Waals surface area contributed by atoms with Gasteiger partial charge in [-0.1, -0.05) is 48.6 Å². The lowest BCUT2D eigenvalue weighted by Gasteiger charge is -2.17. The van der Waals surface area contributed by atoms with Gasteiger partial charge in [0, 0.05) is 6.54 Å². The molecule has 1 aliphatic heterocycles. The predicted molar refractivity (Wildman–Crippen MR) is 80.1 cm³/mol. The largest absolute Gasteiger partial charge is 0.269 e. The van der Waals surface area contributed by atoms with Crippen molar-refractivity contribution < 1.29 is 0 Å². The molecule has 1 aromatic rings. The number of rotatable bonds is 3. The van der Waals surface area contributed by atoms with Gasteiger partial charge in [0.1, 0.15) is 12.2 Å². The second-order valence-corrected chi connectivity index (χ2v) is 4.50. The normalized spacial score (nSPS) is 22.4. The van der Waals surface area contributed by atoms with Crippen LogP contribution in [0.15, 0.2) is 69.6 Å². The predicted octanol–water partition coefficient (Wildman–Crippen LogP) is 2.85.